The Morgan fingerprint density at radius 3 is 2.43 bits per heavy atom. The van der Waals surface area contributed by atoms with Crippen LogP contribution in [-0.4, -0.2) is 36.5 Å². The van der Waals surface area contributed by atoms with Crippen LogP contribution in [0.3, 0.4) is 0 Å². The van der Waals surface area contributed by atoms with E-state index in [2.05, 4.69) is 24.3 Å². The molecule has 1 heterocycles. The second-order valence-corrected chi connectivity index (χ2v) is 5.37. The van der Waals surface area contributed by atoms with E-state index >= 15 is 0 Å². The molecule has 1 saturated heterocycles. The zero-order valence-electron chi connectivity index (χ0n) is 12.6. The average molecular weight is 289 g/mol. The Labute approximate surface area is 126 Å². The highest BCUT2D eigenvalue weighted by Crippen LogP contribution is 2.27. The quantitative estimate of drug-likeness (QED) is 0.783. The van der Waals surface area contributed by atoms with E-state index < -0.39 is 0 Å². The van der Waals surface area contributed by atoms with Gasteiger partial charge in [0.15, 0.2) is 0 Å². The zero-order valence-corrected chi connectivity index (χ0v) is 12.6. The minimum atomic E-state index is -0.287. The normalized spacial score (nSPS) is 15.8. The molecule has 4 nitrogen and oxygen atoms in total. The Morgan fingerprint density at radius 1 is 1.14 bits per heavy atom. The summed E-state index contributed by atoms with van der Waals surface area (Å²) in [4.78, 5) is 25.2. The number of esters is 1. The third-order valence-corrected chi connectivity index (χ3v) is 3.97. The first-order chi connectivity index (χ1) is 10.2. The standard InChI is InChI=1S/C17H23NO3/c1-2-21-17(20)9-8-16(19)18-12-10-15(11-13-18)14-6-4-3-5-7-14/h3-7,15H,2,8-13H2,1H3. The number of carbonyl (C=O) groups is 2. The number of nitrogens with zero attached hydrogens (tertiary/aromatic N) is 1. The van der Waals surface area contributed by atoms with Gasteiger partial charge in [-0.15, -0.1) is 0 Å². The maximum Gasteiger partial charge on any atom is 0.306 e. The highest BCUT2D eigenvalue weighted by atomic mass is 16.5. The van der Waals surface area contributed by atoms with E-state index in [1.54, 1.807) is 6.92 Å². The second-order valence-electron chi connectivity index (χ2n) is 5.37. The van der Waals surface area contributed by atoms with Crippen LogP contribution in [-0.2, 0) is 14.3 Å². The van der Waals surface area contributed by atoms with Crippen molar-refractivity contribution in [2.75, 3.05) is 19.7 Å². The van der Waals surface area contributed by atoms with E-state index in [1.807, 2.05) is 11.0 Å². The maximum absolute atomic E-state index is 12.1. The molecule has 0 aromatic heterocycles. The van der Waals surface area contributed by atoms with Crippen molar-refractivity contribution in [2.24, 2.45) is 0 Å². The van der Waals surface area contributed by atoms with Gasteiger partial charge in [0.25, 0.3) is 0 Å². The van der Waals surface area contributed by atoms with Gasteiger partial charge in [0.1, 0.15) is 0 Å². The van der Waals surface area contributed by atoms with Gasteiger partial charge in [0.05, 0.1) is 13.0 Å². The molecule has 1 aliphatic rings. The molecule has 1 aromatic rings. The average Bonchev–Trinajstić information content (AvgIpc) is 2.54. The molecule has 1 aromatic carbocycles. The second kappa shape index (κ2) is 7.81. The summed E-state index contributed by atoms with van der Waals surface area (Å²) < 4.78 is 4.84. The van der Waals surface area contributed by atoms with Crippen LogP contribution in [0.5, 0.6) is 0 Å². The number of carbonyl (C=O) groups excluding carboxylic acids is 2. The summed E-state index contributed by atoms with van der Waals surface area (Å²) in [7, 11) is 0. The molecule has 0 saturated carbocycles. The van der Waals surface area contributed by atoms with Gasteiger partial charge in [-0.3, -0.25) is 9.59 Å². The summed E-state index contributed by atoms with van der Waals surface area (Å²) in [5.41, 5.74) is 1.36. The molecule has 1 amide bonds. The molecule has 114 valence electrons. The van der Waals surface area contributed by atoms with Crippen molar-refractivity contribution in [3.05, 3.63) is 35.9 Å². The van der Waals surface area contributed by atoms with E-state index in [1.165, 1.54) is 5.56 Å². The predicted molar refractivity (Wildman–Crippen MR) is 80.9 cm³/mol. The lowest BCUT2D eigenvalue weighted by Gasteiger charge is -2.32. The number of piperidine rings is 1. The Bertz CT molecular complexity index is 464. The third-order valence-electron chi connectivity index (χ3n) is 3.97. The summed E-state index contributed by atoms with van der Waals surface area (Å²) in [6.45, 7) is 3.70. The van der Waals surface area contributed by atoms with E-state index in [-0.39, 0.29) is 24.7 Å². The molecular weight excluding hydrogens is 266 g/mol. The molecule has 1 fully saturated rings. The molecule has 1 aliphatic heterocycles. The first kappa shape index (κ1) is 15.5. The first-order valence-corrected chi connectivity index (χ1v) is 7.69. The lowest BCUT2D eigenvalue weighted by atomic mass is 9.89. The molecule has 0 aliphatic carbocycles. The van der Waals surface area contributed by atoms with E-state index in [4.69, 9.17) is 4.74 Å². The van der Waals surface area contributed by atoms with Gasteiger partial charge in [-0.2, -0.15) is 0 Å². The van der Waals surface area contributed by atoms with Crippen molar-refractivity contribution in [2.45, 2.75) is 38.5 Å². The van der Waals surface area contributed by atoms with Gasteiger partial charge < -0.3 is 9.64 Å². The van der Waals surface area contributed by atoms with Crippen molar-refractivity contribution in [3.8, 4) is 0 Å². The summed E-state index contributed by atoms with van der Waals surface area (Å²) in [6.07, 6.45) is 2.43. The fourth-order valence-electron chi connectivity index (χ4n) is 2.79. The molecular formula is C17H23NO3. The largest absolute Gasteiger partial charge is 0.466 e. The fraction of sp³-hybridized carbons (Fsp3) is 0.529. The van der Waals surface area contributed by atoms with E-state index in [9.17, 15) is 9.59 Å². The van der Waals surface area contributed by atoms with Gasteiger partial charge in [-0.05, 0) is 31.2 Å². The lowest BCUT2D eigenvalue weighted by molar-refractivity contribution is -0.145. The molecule has 0 radical (unpaired) electrons. The van der Waals surface area contributed by atoms with Crippen molar-refractivity contribution >= 4 is 11.9 Å². The van der Waals surface area contributed by atoms with Crippen LogP contribution in [0.4, 0.5) is 0 Å². The molecule has 0 N–H and O–H groups in total. The Balaban J connectivity index is 1.76. The van der Waals surface area contributed by atoms with Crippen LogP contribution in [0, 0.1) is 0 Å². The molecule has 0 bridgehead atoms. The minimum absolute atomic E-state index is 0.0644. The molecule has 2 rings (SSSR count). The van der Waals surface area contributed by atoms with Crippen LogP contribution in [0.25, 0.3) is 0 Å². The van der Waals surface area contributed by atoms with E-state index in [0.29, 0.717) is 12.5 Å². The Morgan fingerprint density at radius 2 is 1.81 bits per heavy atom. The Kier molecular flexibility index (Phi) is 5.78. The number of benzene rings is 1. The van der Waals surface area contributed by atoms with Crippen molar-refractivity contribution in [1.29, 1.82) is 0 Å². The van der Waals surface area contributed by atoms with Crippen LogP contribution < -0.4 is 0 Å². The number of likely N-dealkylation sites (tertiary alicyclic amines) is 1. The Hall–Kier alpha value is -1.84. The summed E-state index contributed by atoms with van der Waals surface area (Å²) in [5, 5.41) is 0. The zero-order chi connectivity index (χ0) is 15.1. The smallest absolute Gasteiger partial charge is 0.306 e. The lowest BCUT2D eigenvalue weighted by Crippen LogP contribution is -2.38. The van der Waals surface area contributed by atoms with Gasteiger partial charge in [-0.25, -0.2) is 0 Å². The number of amides is 1. The monoisotopic (exact) mass is 289 g/mol. The molecule has 0 atom stereocenters. The van der Waals surface area contributed by atoms with Gasteiger partial charge in [-0.1, -0.05) is 30.3 Å². The topological polar surface area (TPSA) is 46.6 Å². The van der Waals surface area contributed by atoms with Crippen molar-refractivity contribution in [3.63, 3.8) is 0 Å². The summed E-state index contributed by atoms with van der Waals surface area (Å²) in [6, 6.07) is 10.5. The van der Waals surface area contributed by atoms with Gasteiger partial charge >= 0.3 is 5.97 Å². The van der Waals surface area contributed by atoms with Crippen LogP contribution >= 0.6 is 0 Å². The minimum Gasteiger partial charge on any atom is -0.466 e. The fourth-order valence-corrected chi connectivity index (χ4v) is 2.79. The maximum atomic E-state index is 12.1. The van der Waals surface area contributed by atoms with Crippen LogP contribution in [0.15, 0.2) is 30.3 Å². The molecule has 4 heteroatoms. The molecule has 21 heavy (non-hydrogen) atoms. The van der Waals surface area contributed by atoms with Gasteiger partial charge in [0.2, 0.25) is 5.91 Å². The number of hydrogen-bond donors (Lipinski definition) is 0. The highest BCUT2D eigenvalue weighted by molar-refractivity contribution is 5.81. The summed E-state index contributed by atoms with van der Waals surface area (Å²) >= 11 is 0. The van der Waals surface area contributed by atoms with Crippen molar-refractivity contribution < 1.29 is 14.3 Å². The number of rotatable bonds is 5. The number of hydrogen-bond acceptors (Lipinski definition) is 3. The summed E-state index contributed by atoms with van der Waals surface area (Å²) in [5.74, 6) is 0.319. The SMILES string of the molecule is CCOC(=O)CCC(=O)N1CCC(c2ccccc2)CC1. The number of ether oxygens (including phenoxy) is 1. The van der Waals surface area contributed by atoms with Gasteiger partial charge in [0, 0.05) is 19.5 Å². The van der Waals surface area contributed by atoms with Crippen molar-refractivity contribution in [1.82, 2.24) is 4.90 Å². The molecule has 0 spiro atoms. The van der Waals surface area contributed by atoms with Crippen LogP contribution in [0.2, 0.25) is 0 Å². The van der Waals surface area contributed by atoms with Crippen LogP contribution in [0.1, 0.15) is 44.1 Å². The van der Waals surface area contributed by atoms with E-state index in [0.717, 1.165) is 25.9 Å². The highest BCUT2D eigenvalue weighted by Gasteiger charge is 2.23. The molecule has 0 unspecified atom stereocenters. The predicted octanol–water partition coefficient (Wildman–Crippen LogP) is 2.74. The third kappa shape index (κ3) is 4.59. The first-order valence-electron chi connectivity index (χ1n) is 7.69.